The summed E-state index contributed by atoms with van der Waals surface area (Å²) in [7, 11) is 0. The predicted molar refractivity (Wildman–Crippen MR) is 94.1 cm³/mol. The van der Waals surface area contributed by atoms with Crippen LogP contribution in [0.4, 0.5) is 13.2 Å². The van der Waals surface area contributed by atoms with Crippen LogP contribution in [0.2, 0.25) is 0 Å². The van der Waals surface area contributed by atoms with Gasteiger partial charge in [0.1, 0.15) is 17.5 Å². The minimum Gasteiger partial charge on any atom is -0.350 e. The van der Waals surface area contributed by atoms with Gasteiger partial charge in [0.2, 0.25) is 0 Å². The second-order valence-corrected chi connectivity index (χ2v) is 6.65. The van der Waals surface area contributed by atoms with Crippen molar-refractivity contribution in [2.45, 2.75) is 25.6 Å². The van der Waals surface area contributed by atoms with Crippen molar-refractivity contribution in [1.82, 2.24) is 9.47 Å². The lowest BCUT2D eigenvalue weighted by molar-refractivity contribution is 0.216. The molecule has 0 bridgehead atoms. The molecule has 5 heteroatoms. The zero-order chi connectivity index (χ0) is 18.1. The molecule has 1 aliphatic rings. The standard InChI is InChI=1S/C21H19F3N2/c22-16-6-4-15(5-7-16)14-26-12-2-11-25-10-1-3-20(25)21(26)18-9-8-17(23)13-19(18)24/h1,3-10,13,21H,2,11-12,14H2. The van der Waals surface area contributed by atoms with Crippen molar-refractivity contribution in [3.05, 3.63) is 95.1 Å². The maximum absolute atomic E-state index is 14.6. The zero-order valence-electron chi connectivity index (χ0n) is 14.2. The van der Waals surface area contributed by atoms with Gasteiger partial charge in [-0.1, -0.05) is 18.2 Å². The summed E-state index contributed by atoms with van der Waals surface area (Å²) in [6.45, 7) is 2.18. The van der Waals surface area contributed by atoms with Gasteiger partial charge in [0, 0.05) is 43.2 Å². The molecule has 0 saturated carbocycles. The lowest BCUT2D eigenvalue weighted by Crippen LogP contribution is -2.30. The highest BCUT2D eigenvalue weighted by molar-refractivity contribution is 5.32. The van der Waals surface area contributed by atoms with E-state index in [0.717, 1.165) is 36.8 Å². The predicted octanol–water partition coefficient (Wildman–Crippen LogP) is 4.90. The van der Waals surface area contributed by atoms with Crippen molar-refractivity contribution in [3.8, 4) is 0 Å². The van der Waals surface area contributed by atoms with Crippen molar-refractivity contribution in [2.24, 2.45) is 0 Å². The van der Waals surface area contributed by atoms with E-state index in [1.54, 1.807) is 12.1 Å². The Hall–Kier alpha value is -2.53. The van der Waals surface area contributed by atoms with Crippen LogP contribution >= 0.6 is 0 Å². The van der Waals surface area contributed by atoms with E-state index in [4.69, 9.17) is 0 Å². The molecule has 0 aliphatic carbocycles. The highest BCUT2D eigenvalue weighted by Gasteiger charge is 2.29. The van der Waals surface area contributed by atoms with Gasteiger partial charge in [-0.15, -0.1) is 0 Å². The van der Waals surface area contributed by atoms with Crippen molar-refractivity contribution >= 4 is 0 Å². The lowest BCUT2D eigenvalue weighted by atomic mass is 10.00. The van der Waals surface area contributed by atoms with Crippen LogP contribution in [0.5, 0.6) is 0 Å². The molecule has 0 spiro atoms. The number of hydrogen-bond acceptors (Lipinski definition) is 1. The molecule has 1 aromatic heterocycles. The first-order chi connectivity index (χ1) is 12.6. The zero-order valence-corrected chi connectivity index (χ0v) is 14.2. The van der Waals surface area contributed by atoms with E-state index in [1.807, 2.05) is 18.3 Å². The molecule has 0 N–H and O–H groups in total. The number of hydrogen-bond donors (Lipinski definition) is 0. The Bertz CT molecular complexity index is 902. The van der Waals surface area contributed by atoms with Gasteiger partial charge < -0.3 is 4.57 Å². The smallest absolute Gasteiger partial charge is 0.131 e. The van der Waals surface area contributed by atoms with Crippen LogP contribution in [-0.4, -0.2) is 16.0 Å². The monoisotopic (exact) mass is 356 g/mol. The molecule has 1 aliphatic heterocycles. The van der Waals surface area contributed by atoms with Crippen molar-refractivity contribution in [2.75, 3.05) is 6.54 Å². The average Bonchev–Trinajstić information content (AvgIpc) is 3.00. The number of halogens is 3. The third-order valence-corrected chi connectivity index (χ3v) is 4.91. The number of benzene rings is 2. The fourth-order valence-electron chi connectivity index (χ4n) is 3.71. The fourth-order valence-corrected chi connectivity index (χ4v) is 3.71. The molecule has 0 amide bonds. The molecule has 1 atom stereocenters. The summed E-state index contributed by atoms with van der Waals surface area (Å²) in [4.78, 5) is 2.17. The van der Waals surface area contributed by atoms with Gasteiger partial charge in [-0.3, -0.25) is 4.90 Å². The first-order valence-electron chi connectivity index (χ1n) is 8.70. The maximum atomic E-state index is 14.6. The van der Waals surface area contributed by atoms with Gasteiger partial charge in [-0.25, -0.2) is 13.2 Å². The summed E-state index contributed by atoms with van der Waals surface area (Å²) in [5.74, 6) is -1.41. The molecule has 26 heavy (non-hydrogen) atoms. The summed E-state index contributed by atoms with van der Waals surface area (Å²) in [5, 5.41) is 0. The van der Waals surface area contributed by atoms with E-state index in [9.17, 15) is 13.2 Å². The van der Waals surface area contributed by atoms with Crippen LogP contribution < -0.4 is 0 Å². The molecule has 0 fully saturated rings. The van der Waals surface area contributed by atoms with E-state index in [-0.39, 0.29) is 11.9 Å². The molecule has 0 saturated heterocycles. The molecule has 4 rings (SSSR count). The molecule has 0 radical (unpaired) electrons. The second kappa shape index (κ2) is 7.00. The van der Waals surface area contributed by atoms with E-state index >= 15 is 0 Å². The van der Waals surface area contributed by atoms with Gasteiger partial charge >= 0.3 is 0 Å². The third kappa shape index (κ3) is 3.27. The number of fused-ring (bicyclic) bond motifs is 1. The van der Waals surface area contributed by atoms with E-state index in [1.165, 1.54) is 24.3 Å². The van der Waals surface area contributed by atoms with Gasteiger partial charge in [0.05, 0.1) is 6.04 Å². The summed E-state index contributed by atoms with van der Waals surface area (Å²) >= 11 is 0. The molecular weight excluding hydrogens is 337 g/mol. The molecule has 3 aromatic rings. The summed E-state index contributed by atoms with van der Waals surface area (Å²) < 4.78 is 43.4. The minimum absolute atomic E-state index is 0.278. The Morgan fingerprint density at radius 2 is 1.65 bits per heavy atom. The molecule has 2 nitrogen and oxygen atoms in total. The van der Waals surface area contributed by atoms with Crippen molar-refractivity contribution in [3.63, 3.8) is 0 Å². The maximum Gasteiger partial charge on any atom is 0.131 e. The molecular formula is C21H19F3N2. The Morgan fingerprint density at radius 3 is 2.42 bits per heavy atom. The van der Waals surface area contributed by atoms with Crippen LogP contribution in [0.3, 0.4) is 0 Å². The molecule has 1 unspecified atom stereocenters. The molecule has 2 heterocycles. The number of rotatable bonds is 3. The van der Waals surface area contributed by atoms with E-state index < -0.39 is 11.6 Å². The van der Waals surface area contributed by atoms with Gasteiger partial charge in [-0.05, 0) is 42.3 Å². The number of aryl methyl sites for hydroxylation is 1. The topological polar surface area (TPSA) is 8.17 Å². The molecule has 134 valence electrons. The second-order valence-electron chi connectivity index (χ2n) is 6.65. The third-order valence-electron chi connectivity index (χ3n) is 4.91. The summed E-state index contributed by atoms with van der Waals surface area (Å²) in [5.41, 5.74) is 2.39. The fraction of sp³-hybridized carbons (Fsp3) is 0.238. The molecule has 2 aromatic carbocycles. The number of nitrogens with zero attached hydrogens (tertiary/aromatic N) is 2. The number of aromatic nitrogens is 1. The van der Waals surface area contributed by atoms with Gasteiger partial charge in [0.15, 0.2) is 0 Å². The van der Waals surface area contributed by atoms with Crippen LogP contribution in [-0.2, 0) is 13.1 Å². The van der Waals surface area contributed by atoms with E-state index in [2.05, 4.69) is 9.47 Å². The highest BCUT2D eigenvalue weighted by Crippen LogP contribution is 2.34. The van der Waals surface area contributed by atoms with Crippen LogP contribution in [0, 0.1) is 17.5 Å². The summed E-state index contributed by atoms with van der Waals surface area (Å²) in [6.07, 6.45) is 2.91. The normalized spacial score (nSPS) is 17.7. The van der Waals surface area contributed by atoms with Crippen molar-refractivity contribution < 1.29 is 13.2 Å². The summed E-state index contributed by atoms with van der Waals surface area (Å²) in [6, 6.07) is 13.7. The van der Waals surface area contributed by atoms with Gasteiger partial charge in [-0.2, -0.15) is 0 Å². The largest absolute Gasteiger partial charge is 0.350 e. The lowest BCUT2D eigenvalue weighted by Gasteiger charge is -2.31. The Labute approximate surface area is 150 Å². The van der Waals surface area contributed by atoms with Crippen LogP contribution in [0.15, 0.2) is 60.8 Å². The first-order valence-corrected chi connectivity index (χ1v) is 8.70. The van der Waals surface area contributed by atoms with Crippen LogP contribution in [0.25, 0.3) is 0 Å². The highest BCUT2D eigenvalue weighted by atomic mass is 19.1. The first kappa shape index (κ1) is 16.9. The SMILES string of the molecule is Fc1ccc(CN2CCCn3cccc3C2c2ccc(F)cc2F)cc1. The van der Waals surface area contributed by atoms with Gasteiger partial charge in [0.25, 0.3) is 0 Å². The Morgan fingerprint density at radius 1 is 0.885 bits per heavy atom. The van der Waals surface area contributed by atoms with E-state index in [0.29, 0.717) is 12.1 Å². The Balaban J connectivity index is 1.76. The average molecular weight is 356 g/mol. The minimum atomic E-state index is -0.583. The quantitative estimate of drug-likeness (QED) is 0.648. The Kier molecular flexibility index (Phi) is 4.55. The van der Waals surface area contributed by atoms with Crippen molar-refractivity contribution in [1.29, 1.82) is 0 Å². The van der Waals surface area contributed by atoms with Crippen LogP contribution in [0.1, 0.15) is 29.3 Å².